The number of benzene rings is 2. The number of rotatable bonds is 10. The number of hydrogen-bond donors (Lipinski definition) is 3. The molecular weight excluding hydrogens is 494 g/mol. The molecule has 3 N–H and O–H groups in total. The van der Waals surface area contributed by atoms with E-state index in [1.165, 1.54) is 24.6 Å². The lowest BCUT2D eigenvalue weighted by atomic mass is 9.99. The zero-order valence-electron chi connectivity index (χ0n) is 21.5. The second kappa shape index (κ2) is 12.4. The molecule has 4 rings (SSSR count). The van der Waals surface area contributed by atoms with Gasteiger partial charge in [-0.15, -0.1) is 0 Å². The molecule has 0 aromatic heterocycles. The van der Waals surface area contributed by atoms with E-state index in [0.29, 0.717) is 11.5 Å². The smallest absolute Gasteiger partial charge is 0.217 e. The summed E-state index contributed by atoms with van der Waals surface area (Å²) in [6.45, 7) is 7.70. The Morgan fingerprint density at radius 1 is 1.24 bits per heavy atom. The number of carbonyl (C=O) groups excluding carboxylic acids is 1. The van der Waals surface area contributed by atoms with Crippen molar-refractivity contribution >= 4 is 23.4 Å². The highest BCUT2D eigenvalue weighted by atomic mass is 32.2. The first-order valence-corrected chi connectivity index (χ1v) is 13.7. The van der Waals surface area contributed by atoms with Crippen molar-refractivity contribution < 1.29 is 18.7 Å². The van der Waals surface area contributed by atoms with E-state index in [9.17, 15) is 18.7 Å². The number of halogens is 2. The maximum atomic E-state index is 13.8. The molecule has 0 spiro atoms. The largest absolute Gasteiger partial charge is 0.390 e. The Hall–Kier alpha value is -2.46. The highest BCUT2D eigenvalue weighted by Crippen LogP contribution is 2.36. The molecule has 1 amide bonds. The van der Waals surface area contributed by atoms with Gasteiger partial charge < -0.3 is 20.6 Å². The molecule has 37 heavy (non-hydrogen) atoms. The van der Waals surface area contributed by atoms with Gasteiger partial charge in [-0.1, -0.05) is 37.7 Å². The van der Waals surface area contributed by atoms with Gasteiger partial charge >= 0.3 is 0 Å². The van der Waals surface area contributed by atoms with Gasteiger partial charge in [-0.05, 0) is 66.1 Å². The van der Waals surface area contributed by atoms with Gasteiger partial charge in [-0.25, -0.2) is 8.78 Å². The number of nitrogens with one attached hydrogen (secondary N) is 2. The highest BCUT2D eigenvalue weighted by molar-refractivity contribution is 8.03. The Balaban J connectivity index is 1.58. The van der Waals surface area contributed by atoms with Gasteiger partial charge in [-0.3, -0.25) is 9.69 Å². The van der Waals surface area contributed by atoms with E-state index in [1.54, 1.807) is 11.8 Å². The van der Waals surface area contributed by atoms with Crippen molar-refractivity contribution in [3.8, 4) is 0 Å². The minimum absolute atomic E-state index is 0.0773. The first kappa shape index (κ1) is 27.6. The van der Waals surface area contributed by atoms with E-state index in [4.69, 9.17) is 0 Å². The normalized spacial score (nSPS) is 21.1. The number of hydrogen-bond acceptors (Lipinski definition) is 6. The number of aliphatic hydroxyl groups excluding tert-OH is 1. The van der Waals surface area contributed by atoms with Crippen LogP contribution in [0, 0.1) is 11.6 Å². The fourth-order valence-electron chi connectivity index (χ4n) is 5.02. The van der Waals surface area contributed by atoms with Crippen LogP contribution in [0.25, 0.3) is 0 Å². The molecular formula is C28H36F2N4O2S. The minimum atomic E-state index is -0.958. The number of thioether (sulfide) groups is 1. The number of anilines is 1. The van der Waals surface area contributed by atoms with Crippen LogP contribution in [0.1, 0.15) is 44.2 Å². The Morgan fingerprint density at radius 3 is 2.65 bits per heavy atom. The third-order valence-electron chi connectivity index (χ3n) is 6.91. The maximum Gasteiger partial charge on any atom is 0.217 e. The van der Waals surface area contributed by atoms with Crippen LogP contribution in [0.4, 0.5) is 14.5 Å². The molecule has 1 saturated heterocycles. The van der Waals surface area contributed by atoms with E-state index in [2.05, 4.69) is 70.2 Å². The van der Waals surface area contributed by atoms with Gasteiger partial charge in [0.2, 0.25) is 5.91 Å². The summed E-state index contributed by atoms with van der Waals surface area (Å²) < 4.78 is 27.6. The zero-order chi connectivity index (χ0) is 26.5. The van der Waals surface area contributed by atoms with Crippen molar-refractivity contribution in [2.75, 3.05) is 24.5 Å². The lowest BCUT2D eigenvalue weighted by Crippen LogP contribution is -2.55. The van der Waals surface area contributed by atoms with Gasteiger partial charge in [0.1, 0.15) is 17.1 Å². The topological polar surface area (TPSA) is 67.8 Å². The zero-order valence-corrected chi connectivity index (χ0v) is 22.3. The van der Waals surface area contributed by atoms with Crippen molar-refractivity contribution in [3.05, 3.63) is 76.8 Å². The first-order chi connectivity index (χ1) is 17.7. The maximum absolute atomic E-state index is 13.8. The lowest BCUT2D eigenvalue weighted by molar-refractivity contribution is -0.120. The fourth-order valence-corrected chi connectivity index (χ4v) is 6.10. The van der Waals surface area contributed by atoms with Crippen LogP contribution in [0.5, 0.6) is 0 Å². The molecule has 2 aromatic rings. The molecule has 9 heteroatoms. The third-order valence-corrected chi connectivity index (χ3v) is 7.93. The third kappa shape index (κ3) is 7.10. The first-order valence-electron chi connectivity index (χ1n) is 12.8. The molecule has 200 valence electrons. The lowest BCUT2D eigenvalue weighted by Gasteiger charge is -2.41. The summed E-state index contributed by atoms with van der Waals surface area (Å²) in [4.78, 5) is 16.5. The van der Waals surface area contributed by atoms with E-state index in [-0.39, 0.29) is 30.4 Å². The Kier molecular flexibility index (Phi) is 9.23. The van der Waals surface area contributed by atoms with Crippen molar-refractivity contribution in [1.82, 2.24) is 15.5 Å². The van der Waals surface area contributed by atoms with E-state index in [1.807, 2.05) is 0 Å². The summed E-state index contributed by atoms with van der Waals surface area (Å²) in [5, 5.41) is 19.7. The van der Waals surface area contributed by atoms with Crippen LogP contribution >= 0.6 is 11.8 Å². The Bertz CT molecular complexity index is 1090. The summed E-state index contributed by atoms with van der Waals surface area (Å²) in [6.07, 6.45) is 2.16. The standard InChI is InChI=1S/C28H36F2N4O2S/c1-18(2)21-5-4-6-24(14-21)33-9-10-37-28(33)34(25-7-8-31-16-25)17-27(36)26(32-19(3)35)13-20-11-22(29)15-23(30)12-20/h4-6,9-12,14-15,18,25-28,31,36H,7-8,13,16-17H2,1-3H3,(H,32,35). The quantitative estimate of drug-likeness (QED) is 0.429. The summed E-state index contributed by atoms with van der Waals surface area (Å²) in [7, 11) is 0. The van der Waals surface area contributed by atoms with Crippen LogP contribution in [-0.4, -0.2) is 59.2 Å². The second-order valence-corrected chi connectivity index (χ2v) is 11.1. The molecule has 1 fully saturated rings. The number of nitrogens with zero attached hydrogens (tertiary/aromatic N) is 2. The molecule has 2 heterocycles. The molecule has 4 atom stereocenters. The average molecular weight is 531 g/mol. The van der Waals surface area contributed by atoms with Crippen LogP contribution < -0.4 is 15.5 Å². The van der Waals surface area contributed by atoms with Gasteiger partial charge in [0.25, 0.3) is 0 Å². The molecule has 0 bridgehead atoms. The molecule has 6 nitrogen and oxygen atoms in total. The van der Waals surface area contributed by atoms with Crippen molar-refractivity contribution in [3.63, 3.8) is 0 Å². The van der Waals surface area contributed by atoms with E-state index in [0.717, 1.165) is 31.3 Å². The molecule has 2 aliphatic heterocycles. The summed E-state index contributed by atoms with van der Waals surface area (Å²) in [5.41, 5.74) is 2.64. The highest BCUT2D eigenvalue weighted by Gasteiger charge is 2.37. The Labute approximate surface area is 222 Å². The molecule has 2 aromatic carbocycles. The monoisotopic (exact) mass is 530 g/mol. The molecule has 0 saturated carbocycles. The number of aliphatic hydroxyl groups is 1. The van der Waals surface area contributed by atoms with Crippen molar-refractivity contribution in [2.45, 2.75) is 63.2 Å². The van der Waals surface area contributed by atoms with Crippen molar-refractivity contribution in [1.29, 1.82) is 0 Å². The van der Waals surface area contributed by atoms with Gasteiger partial charge in [0, 0.05) is 44.0 Å². The SMILES string of the molecule is CC(=O)NC(Cc1cc(F)cc(F)c1)C(O)CN(C1CCNC1)C1SC=CN1c1cccc(C(C)C)c1. The van der Waals surface area contributed by atoms with Gasteiger partial charge in [-0.2, -0.15) is 0 Å². The Morgan fingerprint density at radius 2 is 2.00 bits per heavy atom. The van der Waals surface area contributed by atoms with Crippen LogP contribution in [0.2, 0.25) is 0 Å². The van der Waals surface area contributed by atoms with Gasteiger partial charge in [0.15, 0.2) is 0 Å². The summed E-state index contributed by atoms with van der Waals surface area (Å²) >= 11 is 1.68. The van der Waals surface area contributed by atoms with Crippen LogP contribution in [0.3, 0.4) is 0 Å². The van der Waals surface area contributed by atoms with E-state index >= 15 is 0 Å². The summed E-state index contributed by atoms with van der Waals surface area (Å²) in [6, 6.07) is 11.3. The number of carbonyl (C=O) groups is 1. The molecule has 0 radical (unpaired) electrons. The number of amides is 1. The van der Waals surface area contributed by atoms with Crippen LogP contribution in [-0.2, 0) is 11.2 Å². The molecule has 2 aliphatic rings. The predicted molar refractivity (Wildman–Crippen MR) is 145 cm³/mol. The minimum Gasteiger partial charge on any atom is -0.390 e. The van der Waals surface area contributed by atoms with Gasteiger partial charge in [0.05, 0.1) is 12.1 Å². The average Bonchev–Trinajstić information content (AvgIpc) is 3.54. The molecule has 4 unspecified atom stereocenters. The fraction of sp³-hybridized carbons (Fsp3) is 0.464. The van der Waals surface area contributed by atoms with Crippen molar-refractivity contribution in [2.24, 2.45) is 0 Å². The molecule has 0 aliphatic carbocycles. The summed E-state index contributed by atoms with van der Waals surface area (Å²) in [5.74, 6) is -1.27. The van der Waals surface area contributed by atoms with E-state index < -0.39 is 23.8 Å². The second-order valence-electron chi connectivity index (χ2n) is 10.1. The van der Waals surface area contributed by atoms with Crippen LogP contribution in [0.15, 0.2) is 54.1 Å². The predicted octanol–water partition coefficient (Wildman–Crippen LogP) is 4.17.